The van der Waals surface area contributed by atoms with Crippen molar-refractivity contribution in [3.63, 3.8) is 0 Å². The van der Waals surface area contributed by atoms with E-state index >= 15 is 0 Å². The van der Waals surface area contributed by atoms with Crippen molar-refractivity contribution in [3.05, 3.63) is 24.0 Å². The van der Waals surface area contributed by atoms with Crippen LogP contribution in [0.3, 0.4) is 0 Å². The van der Waals surface area contributed by atoms with Crippen LogP contribution >= 0.6 is 0 Å². The summed E-state index contributed by atoms with van der Waals surface area (Å²) in [6.45, 7) is 0. The highest BCUT2D eigenvalue weighted by atomic mass is 19.4. The molecule has 0 heterocycles. The lowest BCUT2D eigenvalue weighted by atomic mass is 10.3. The second-order valence-corrected chi connectivity index (χ2v) is 2.23. The third kappa shape index (κ3) is 2.81. The maximum atomic E-state index is 12.5. The second kappa shape index (κ2) is 3.12. The van der Waals surface area contributed by atoms with Gasteiger partial charge in [-0.1, -0.05) is 0 Å². The number of nitrogen functional groups attached to an aromatic ring is 1. The number of ether oxygens (including phenoxy) is 1. The van der Waals surface area contributed by atoms with E-state index < -0.39 is 17.9 Å². The summed E-state index contributed by atoms with van der Waals surface area (Å²) in [5.41, 5.74) is 4.63. The number of alkyl halides is 3. The molecule has 2 N–H and O–H groups in total. The number of rotatable bonds is 1. The first-order valence-electron chi connectivity index (χ1n) is 3.19. The Balaban J connectivity index is 2.86. The highest BCUT2D eigenvalue weighted by Gasteiger charge is 2.31. The van der Waals surface area contributed by atoms with Gasteiger partial charge in [0.2, 0.25) is 0 Å². The Morgan fingerprint density at radius 2 is 1.85 bits per heavy atom. The van der Waals surface area contributed by atoms with Crippen LogP contribution in [0.2, 0.25) is 0 Å². The van der Waals surface area contributed by atoms with Gasteiger partial charge in [0.15, 0.2) is 0 Å². The molecular weight excluding hydrogens is 190 g/mol. The smallest absolute Gasteiger partial charge is 0.406 e. The largest absolute Gasteiger partial charge is 0.573 e. The van der Waals surface area contributed by atoms with Crippen molar-refractivity contribution in [3.8, 4) is 5.75 Å². The molecule has 2 nitrogen and oxygen atoms in total. The van der Waals surface area contributed by atoms with Crippen molar-refractivity contribution in [1.82, 2.24) is 0 Å². The minimum absolute atomic E-state index is 0.387. The van der Waals surface area contributed by atoms with E-state index in [9.17, 15) is 17.6 Å². The Morgan fingerprint density at radius 1 is 1.23 bits per heavy atom. The standard InChI is InChI=1S/C7H5F4NO/c8-5-2-1-4(3-6(5)12)13-7(9,10)11/h1-3H,12H2. The molecule has 13 heavy (non-hydrogen) atoms. The van der Waals surface area contributed by atoms with E-state index in [0.29, 0.717) is 0 Å². The van der Waals surface area contributed by atoms with Crippen LogP contribution in [0.25, 0.3) is 0 Å². The van der Waals surface area contributed by atoms with E-state index in [1.807, 2.05) is 0 Å². The number of halogens is 4. The first-order valence-corrected chi connectivity index (χ1v) is 3.19. The fourth-order valence-electron chi connectivity index (χ4n) is 0.719. The van der Waals surface area contributed by atoms with Crippen LogP contribution in [0.5, 0.6) is 5.75 Å². The summed E-state index contributed by atoms with van der Waals surface area (Å²) in [6, 6.07) is 2.42. The Kier molecular flexibility index (Phi) is 2.31. The molecular formula is C7H5F4NO. The van der Waals surface area contributed by atoms with Gasteiger partial charge in [0, 0.05) is 6.07 Å². The molecule has 0 aliphatic heterocycles. The summed E-state index contributed by atoms with van der Waals surface area (Å²) in [5, 5.41) is 0. The number of benzene rings is 1. The van der Waals surface area contributed by atoms with Crippen LogP contribution in [0.1, 0.15) is 0 Å². The van der Waals surface area contributed by atoms with Crippen LogP contribution in [0.15, 0.2) is 18.2 Å². The van der Waals surface area contributed by atoms with E-state index in [4.69, 9.17) is 5.73 Å². The number of nitrogens with two attached hydrogens (primary N) is 1. The van der Waals surface area contributed by atoms with Gasteiger partial charge in [-0.2, -0.15) is 0 Å². The van der Waals surface area contributed by atoms with Gasteiger partial charge in [0.25, 0.3) is 0 Å². The molecule has 0 aliphatic rings. The van der Waals surface area contributed by atoms with Crippen molar-refractivity contribution in [2.24, 2.45) is 0 Å². The molecule has 72 valence electrons. The second-order valence-electron chi connectivity index (χ2n) is 2.23. The lowest BCUT2D eigenvalue weighted by Gasteiger charge is -2.08. The van der Waals surface area contributed by atoms with Crippen molar-refractivity contribution >= 4 is 5.69 Å². The van der Waals surface area contributed by atoms with Crippen LogP contribution in [0.4, 0.5) is 23.2 Å². The van der Waals surface area contributed by atoms with Crippen molar-refractivity contribution in [1.29, 1.82) is 0 Å². The van der Waals surface area contributed by atoms with Crippen LogP contribution < -0.4 is 10.5 Å². The summed E-state index contributed by atoms with van der Waals surface area (Å²) in [7, 11) is 0. The third-order valence-electron chi connectivity index (χ3n) is 1.20. The molecule has 0 fully saturated rings. The van der Waals surface area contributed by atoms with E-state index in [1.165, 1.54) is 0 Å². The molecule has 0 amide bonds. The van der Waals surface area contributed by atoms with Crippen LogP contribution in [-0.4, -0.2) is 6.36 Å². The summed E-state index contributed by atoms with van der Waals surface area (Å²) in [4.78, 5) is 0. The molecule has 0 radical (unpaired) electrons. The molecule has 1 aromatic rings. The minimum Gasteiger partial charge on any atom is -0.406 e. The molecule has 1 aromatic carbocycles. The third-order valence-corrected chi connectivity index (χ3v) is 1.20. The van der Waals surface area contributed by atoms with Gasteiger partial charge in [-0.3, -0.25) is 0 Å². The molecule has 0 unspecified atom stereocenters. The van der Waals surface area contributed by atoms with Crippen LogP contribution in [-0.2, 0) is 0 Å². The molecule has 0 aliphatic carbocycles. The van der Waals surface area contributed by atoms with Gasteiger partial charge in [-0.05, 0) is 12.1 Å². The zero-order valence-electron chi connectivity index (χ0n) is 6.23. The maximum Gasteiger partial charge on any atom is 0.573 e. The van der Waals surface area contributed by atoms with Gasteiger partial charge in [0.05, 0.1) is 5.69 Å². The molecule has 0 bridgehead atoms. The summed E-state index contributed by atoms with van der Waals surface area (Å²) in [6.07, 6.45) is -4.79. The SMILES string of the molecule is Nc1cc(OC(F)(F)F)ccc1F. The van der Waals surface area contributed by atoms with Crippen LogP contribution in [0, 0.1) is 5.82 Å². The van der Waals surface area contributed by atoms with Gasteiger partial charge in [-0.15, -0.1) is 13.2 Å². The Labute approximate surface area is 70.9 Å². The maximum absolute atomic E-state index is 12.5. The highest BCUT2D eigenvalue weighted by Crippen LogP contribution is 2.25. The molecule has 0 atom stereocenters. The van der Waals surface area contributed by atoms with Crippen molar-refractivity contribution in [2.45, 2.75) is 6.36 Å². The van der Waals surface area contributed by atoms with Gasteiger partial charge < -0.3 is 10.5 Å². The molecule has 0 aromatic heterocycles. The first-order chi connectivity index (χ1) is 5.88. The fraction of sp³-hybridized carbons (Fsp3) is 0.143. The van der Waals surface area contributed by atoms with E-state index in [2.05, 4.69) is 4.74 Å². The number of hydrogen-bond acceptors (Lipinski definition) is 2. The number of anilines is 1. The zero-order chi connectivity index (χ0) is 10.1. The van der Waals surface area contributed by atoms with Crippen molar-refractivity contribution < 1.29 is 22.3 Å². The molecule has 1 rings (SSSR count). The van der Waals surface area contributed by atoms with E-state index in [0.717, 1.165) is 18.2 Å². The molecule has 0 saturated carbocycles. The van der Waals surface area contributed by atoms with E-state index in [1.54, 1.807) is 0 Å². The normalized spacial score (nSPS) is 11.4. The first kappa shape index (κ1) is 9.63. The van der Waals surface area contributed by atoms with E-state index in [-0.39, 0.29) is 5.69 Å². The minimum atomic E-state index is -4.79. The quantitative estimate of drug-likeness (QED) is 0.551. The van der Waals surface area contributed by atoms with Gasteiger partial charge in [-0.25, -0.2) is 4.39 Å². The van der Waals surface area contributed by atoms with Gasteiger partial charge >= 0.3 is 6.36 Å². The summed E-state index contributed by atoms with van der Waals surface area (Å²) < 4.78 is 50.8. The average molecular weight is 195 g/mol. The predicted octanol–water partition coefficient (Wildman–Crippen LogP) is 2.31. The zero-order valence-corrected chi connectivity index (χ0v) is 6.23. The Hall–Kier alpha value is -1.46. The lowest BCUT2D eigenvalue weighted by Crippen LogP contribution is -2.17. The fourth-order valence-corrected chi connectivity index (χ4v) is 0.719. The summed E-state index contributed by atoms with van der Waals surface area (Å²) in [5.74, 6) is -1.32. The lowest BCUT2D eigenvalue weighted by molar-refractivity contribution is -0.274. The monoisotopic (exact) mass is 195 g/mol. The average Bonchev–Trinajstić information content (AvgIpc) is 1.94. The predicted molar refractivity (Wildman–Crippen MR) is 37.5 cm³/mol. The Bertz CT molecular complexity index is 310. The molecule has 0 saturated heterocycles. The molecule has 6 heteroatoms. The Morgan fingerprint density at radius 3 is 2.31 bits per heavy atom. The van der Waals surface area contributed by atoms with Crippen molar-refractivity contribution in [2.75, 3.05) is 5.73 Å². The molecule has 0 spiro atoms. The summed E-state index contributed by atoms with van der Waals surface area (Å²) >= 11 is 0. The number of hydrogen-bond donors (Lipinski definition) is 1. The topological polar surface area (TPSA) is 35.2 Å². The van der Waals surface area contributed by atoms with Gasteiger partial charge in [0.1, 0.15) is 11.6 Å². The highest BCUT2D eigenvalue weighted by molar-refractivity contribution is 5.45.